The number of nitrogens with zero attached hydrogens (tertiary/aromatic N) is 5. The van der Waals surface area contributed by atoms with E-state index in [4.69, 9.17) is 17.2 Å². The van der Waals surface area contributed by atoms with E-state index < -0.39 is 84.1 Å². The number of primary amides is 1. The number of carbonyl (C=O) groups is 6. The number of para-hydroxylation sites is 1. The second-order valence-corrected chi connectivity index (χ2v) is 16.4. The van der Waals surface area contributed by atoms with Crippen molar-refractivity contribution in [3.8, 4) is 5.69 Å². The highest BCUT2D eigenvalue weighted by molar-refractivity contribution is 5.95. The fourth-order valence-electron chi connectivity index (χ4n) is 7.33. The Morgan fingerprint density at radius 3 is 2.23 bits per heavy atom. The minimum Gasteiger partial charge on any atom is -0.368 e. The highest BCUT2D eigenvalue weighted by Crippen LogP contribution is 2.30. The van der Waals surface area contributed by atoms with Crippen molar-refractivity contribution in [2.24, 2.45) is 17.2 Å². The number of hydrogen-bond donors (Lipinski definition) is 10. The molecule has 21 nitrogen and oxygen atoms in total. The van der Waals surface area contributed by atoms with Crippen molar-refractivity contribution in [1.82, 2.24) is 61.6 Å². The van der Waals surface area contributed by atoms with E-state index in [1.165, 1.54) is 37.8 Å². The number of rotatable bonds is 22. The lowest BCUT2D eigenvalue weighted by atomic mass is 10.0. The van der Waals surface area contributed by atoms with Crippen molar-refractivity contribution in [2.75, 3.05) is 6.54 Å². The minimum absolute atomic E-state index is 0.0171. The number of urea groups is 1. The van der Waals surface area contributed by atoms with Gasteiger partial charge in [-0.05, 0) is 68.1 Å². The summed E-state index contributed by atoms with van der Waals surface area (Å²) in [5, 5.41) is 20.0. The summed E-state index contributed by atoms with van der Waals surface area (Å²) in [6.45, 7) is 1.09. The third kappa shape index (κ3) is 14.2. The summed E-state index contributed by atoms with van der Waals surface area (Å²) < 4.78 is 41.8. The van der Waals surface area contributed by atoms with Crippen LogP contribution in [0.2, 0.25) is 0 Å². The lowest BCUT2D eigenvalue weighted by molar-refractivity contribution is -0.137. The van der Waals surface area contributed by atoms with Gasteiger partial charge >= 0.3 is 12.2 Å². The number of aromatic nitrogens is 6. The Morgan fingerprint density at radius 1 is 0.800 bits per heavy atom. The molecule has 0 saturated carbocycles. The van der Waals surface area contributed by atoms with Gasteiger partial charge < -0.3 is 48.4 Å². The Morgan fingerprint density at radius 2 is 1.51 bits per heavy atom. The fraction of sp³-hybridized carbons (Fsp3) is 0.326. The Labute approximate surface area is 398 Å². The second kappa shape index (κ2) is 23.7. The van der Waals surface area contributed by atoms with E-state index in [-0.39, 0.29) is 37.1 Å². The maximum atomic E-state index is 14.4. The molecule has 0 bridgehead atoms. The number of nitrogens with one attached hydrogen (secondary N) is 7. The van der Waals surface area contributed by atoms with Gasteiger partial charge in [-0.2, -0.15) is 13.2 Å². The van der Waals surface area contributed by atoms with Gasteiger partial charge in [-0.1, -0.05) is 59.8 Å². The average molecular weight is 970 g/mol. The molecule has 0 radical (unpaired) electrons. The van der Waals surface area contributed by atoms with E-state index in [2.05, 4.69) is 52.0 Å². The molecule has 0 aliphatic heterocycles. The third-order valence-electron chi connectivity index (χ3n) is 11.1. The van der Waals surface area contributed by atoms with Crippen LogP contribution in [0.5, 0.6) is 0 Å². The van der Waals surface area contributed by atoms with Crippen LogP contribution < -0.4 is 43.9 Å². The van der Waals surface area contributed by atoms with Gasteiger partial charge in [-0.25, -0.2) is 19.5 Å². The summed E-state index contributed by atoms with van der Waals surface area (Å²) in [6, 6.07) is 12.8. The average Bonchev–Trinajstić information content (AvgIpc) is 4.13. The van der Waals surface area contributed by atoms with Gasteiger partial charge in [-0.15, -0.1) is 5.10 Å². The van der Waals surface area contributed by atoms with Crippen molar-refractivity contribution >= 4 is 46.5 Å². The maximum Gasteiger partial charge on any atom is 0.416 e. The van der Waals surface area contributed by atoms with Crippen LogP contribution in [-0.4, -0.2) is 107 Å². The van der Waals surface area contributed by atoms with Crippen LogP contribution in [-0.2, 0) is 56.0 Å². The van der Waals surface area contributed by atoms with Gasteiger partial charge in [0.1, 0.15) is 29.9 Å². The van der Waals surface area contributed by atoms with Crippen molar-refractivity contribution < 1.29 is 41.9 Å². The highest BCUT2D eigenvalue weighted by atomic mass is 19.4. The van der Waals surface area contributed by atoms with Gasteiger partial charge in [0, 0.05) is 48.3 Å². The molecule has 370 valence electrons. The highest BCUT2D eigenvalue weighted by Gasteiger charge is 2.33. The number of aromatic amines is 2. The topological polar surface area (TPSA) is 319 Å². The molecule has 0 saturated heterocycles. The number of benzene rings is 3. The monoisotopic (exact) mass is 969 g/mol. The molecule has 0 unspecified atom stereocenters. The number of alkyl halides is 3. The van der Waals surface area contributed by atoms with Gasteiger partial charge in [0.2, 0.25) is 23.6 Å². The third-order valence-corrected chi connectivity index (χ3v) is 11.1. The summed E-state index contributed by atoms with van der Waals surface area (Å²) >= 11 is 0. The summed E-state index contributed by atoms with van der Waals surface area (Å²) in [5.41, 5.74) is 21.5. The minimum atomic E-state index is -4.66. The number of hydrogen-bond acceptors (Lipinski definition) is 11. The zero-order valence-electron chi connectivity index (χ0n) is 37.9. The Hall–Kier alpha value is -8.12. The Bertz CT molecular complexity index is 2730. The number of halogens is 3. The van der Waals surface area contributed by atoms with Crippen LogP contribution >= 0.6 is 0 Å². The van der Waals surface area contributed by atoms with Gasteiger partial charge in [0.05, 0.1) is 36.4 Å². The van der Waals surface area contributed by atoms with Crippen LogP contribution in [0.4, 0.5) is 18.0 Å². The molecule has 0 aliphatic rings. The molecule has 24 heteroatoms. The number of carbonyl (C=O) groups excluding carboxylic acids is 6. The van der Waals surface area contributed by atoms with E-state index in [1.807, 2.05) is 24.3 Å². The quantitative estimate of drug-likeness (QED) is 0.0344. The number of unbranched alkanes of at least 4 members (excludes halogenated alkanes) is 1. The van der Waals surface area contributed by atoms with E-state index in [1.54, 1.807) is 36.5 Å². The number of imidazole rings is 1. The first-order valence-corrected chi connectivity index (χ1v) is 22.2. The first-order valence-electron chi connectivity index (χ1n) is 22.2. The molecular formula is C46H54F3N15O6. The molecule has 7 amide bonds. The molecule has 0 spiro atoms. The summed E-state index contributed by atoms with van der Waals surface area (Å²) in [5.74, 6) is -4.02. The summed E-state index contributed by atoms with van der Waals surface area (Å²) in [4.78, 5) is 92.2. The number of amides is 7. The molecule has 6 rings (SSSR count). The van der Waals surface area contributed by atoms with E-state index in [0.717, 1.165) is 32.7 Å². The Balaban J connectivity index is 1.25. The Kier molecular flexibility index (Phi) is 17.4. The summed E-state index contributed by atoms with van der Waals surface area (Å²) in [6.07, 6.45) is 2.34. The van der Waals surface area contributed by atoms with Gasteiger partial charge in [0.25, 0.3) is 5.91 Å². The van der Waals surface area contributed by atoms with Crippen LogP contribution in [0.25, 0.3) is 16.6 Å². The molecule has 70 heavy (non-hydrogen) atoms. The number of nitrogens with two attached hydrogens (primary N) is 3. The largest absolute Gasteiger partial charge is 0.416 e. The first kappa shape index (κ1) is 51.3. The predicted molar refractivity (Wildman–Crippen MR) is 248 cm³/mol. The van der Waals surface area contributed by atoms with Gasteiger partial charge in [0.15, 0.2) is 0 Å². The first-order chi connectivity index (χ1) is 33.5. The second-order valence-electron chi connectivity index (χ2n) is 16.4. The molecular weight excluding hydrogens is 916 g/mol. The van der Waals surface area contributed by atoms with Crippen LogP contribution in [0.3, 0.4) is 0 Å². The van der Waals surface area contributed by atoms with Crippen molar-refractivity contribution in [2.45, 2.75) is 88.4 Å². The molecule has 3 heterocycles. The zero-order chi connectivity index (χ0) is 50.4. The molecule has 3 aromatic heterocycles. The maximum absolute atomic E-state index is 14.4. The lowest BCUT2D eigenvalue weighted by Crippen LogP contribution is -2.60. The fourth-order valence-corrected chi connectivity index (χ4v) is 7.33. The zero-order valence-corrected chi connectivity index (χ0v) is 37.9. The lowest BCUT2D eigenvalue weighted by Gasteiger charge is -2.28. The molecule has 5 atom stereocenters. The van der Waals surface area contributed by atoms with Crippen LogP contribution in [0, 0.1) is 0 Å². The normalized spacial score (nSPS) is 13.6. The van der Waals surface area contributed by atoms with E-state index >= 15 is 0 Å². The molecule has 0 fully saturated rings. The predicted octanol–water partition coefficient (Wildman–Crippen LogP) is 1.55. The number of H-pyrrole nitrogens is 2. The van der Waals surface area contributed by atoms with Gasteiger partial charge in [-0.3, -0.25) is 29.4 Å². The molecule has 3 aromatic carbocycles. The number of hydrazine groups is 1. The van der Waals surface area contributed by atoms with Crippen LogP contribution in [0.15, 0.2) is 104 Å². The van der Waals surface area contributed by atoms with Crippen molar-refractivity contribution in [3.05, 3.63) is 132 Å². The molecule has 0 aliphatic carbocycles. The smallest absolute Gasteiger partial charge is 0.368 e. The van der Waals surface area contributed by atoms with Crippen molar-refractivity contribution in [1.29, 1.82) is 0 Å². The summed E-state index contributed by atoms with van der Waals surface area (Å²) in [7, 11) is 0. The van der Waals surface area contributed by atoms with Crippen LogP contribution in [0.1, 0.15) is 54.3 Å². The standard InChI is InChI=1S/C46H54F3N15O6/c1-27(56-43(68)39(19-29-22-54-36-15-6-5-14-34(29)36)58-42(67)35(51)21-31-23-53-26-55-31)41(66)61-64(25-32-24-63(62-60-32)33-13-9-12-30(20-33)46(47,48)49)45(70)59-38(18-28-10-3-2-4-11-28)44(69)57-37(40(52)65)16-7-8-17-50/h2-6,9-15,20,22-24,26-27,35,37-39,54H,7-8,16-19,21,25,50-51H2,1H3,(H2,52,65)(H,53,55)(H,56,68)(H,57,69)(H,58,67)(H,59,70)(H,61,66)/t27-,35-,37-,38+,39+/m0/s1. The molecule has 6 aromatic rings. The SMILES string of the molecule is C[C@H](NC(=O)[C@@H](Cc1c[nH]c2ccccc12)NC(=O)[C@@H](N)Cc1cnc[nH]1)C(=O)NN(Cc1cn(-c2cccc(C(F)(F)F)c2)nn1)C(=O)N[C@H](Cc1ccccc1)C(=O)N[C@@H](CCCCN)C(N)=O. The van der Waals surface area contributed by atoms with E-state index in [9.17, 15) is 41.9 Å². The number of fused-ring (bicyclic) bond motifs is 1. The van der Waals surface area contributed by atoms with E-state index in [0.29, 0.717) is 36.2 Å². The molecule has 13 N–H and O–H groups in total. The van der Waals surface area contributed by atoms with Crippen molar-refractivity contribution in [3.63, 3.8) is 0 Å².